The van der Waals surface area contributed by atoms with Gasteiger partial charge in [0.15, 0.2) is 5.96 Å². The van der Waals surface area contributed by atoms with Crippen molar-refractivity contribution < 1.29 is 4.74 Å². The molecule has 3 aliphatic rings. The first-order valence-electron chi connectivity index (χ1n) is 9.69. The largest absolute Gasteiger partial charge is 0.381 e. The van der Waals surface area contributed by atoms with Crippen LogP contribution in [-0.2, 0) is 17.7 Å². The monoisotopic (exact) mass is 346 g/mol. The first-order chi connectivity index (χ1) is 12.2. The number of aryl methyl sites for hydroxylation is 2. The number of aromatic nitrogens is 3. The van der Waals surface area contributed by atoms with Crippen LogP contribution >= 0.6 is 0 Å². The summed E-state index contributed by atoms with van der Waals surface area (Å²) < 4.78 is 7.92. The third kappa shape index (κ3) is 3.38. The Morgan fingerprint density at radius 2 is 2.32 bits per heavy atom. The fraction of sp³-hybridized carbons (Fsp3) is 0.833. The van der Waals surface area contributed by atoms with Crippen molar-refractivity contribution in [2.45, 2.75) is 46.1 Å². The minimum absolute atomic E-state index is 0.371. The molecule has 0 radical (unpaired) electrons. The van der Waals surface area contributed by atoms with E-state index in [1.165, 1.54) is 12.8 Å². The summed E-state index contributed by atoms with van der Waals surface area (Å²) in [5.41, 5.74) is 0.371. The van der Waals surface area contributed by atoms with E-state index in [9.17, 15) is 0 Å². The van der Waals surface area contributed by atoms with Gasteiger partial charge in [0.25, 0.3) is 0 Å². The minimum Gasteiger partial charge on any atom is -0.381 e. The average molecular weight is 346 g/mol. The van der Waals surface area contributed by atoms with Gasteiger partial charge in [-0.25, -0.2) is 0 Å². The Morgan fingerprint density at radius 3 is 3.12 bits per heavy atom. The molecule has 25 heavy (non-hydrogen) atoms. The van der Waals surface area contributed by atoms with E-state index < -0.39 is 0 Å². The average Bonchev–Trinajstić information content (AvgIpc) is 3.34. The van der Waals surface area contributed by atoms with Gasteiger partial charge < -0.3 is 19.5 Å². The SMILES string of the molecule is CCNC(=NCC1CCc2nnc(C)n2C1)N1CCC2(CCOC2)C1. The van der Waals surface area contributed by atoms with Crippen LogP contribution in [0.3, 0.4) is 0 Å². The lowest BCUT2D eigenvalue weighted by Gasteiger charge is -2.26. The molecule has 2 atom stereocenters. The fourth-order valence-electron chi connectivity index (χ4n) is 4.41. The maximum atomic E-state index is 5.66. The molecule has 0 aliphatic carbocycles. The summed E-state index contributed by atoms with van der Waals surface area (Å²) in [6.07, 6.45) is 4.59. The summed E-state index contributed by atoms with van der Waals surface area (Å²) in [6.45, 7) is 11.0. The molecule has 7 heteroatoms. The van der Waals surface area contributed by atoms with E-state index in [-0.39, 0.29) is 0 Å². The Morgan fingerprint density at radius 1 is 1.40 bits per heavy atom. The van der Waals surface area contributed by atoms with Crippen molar-refractivity contribution >= 4 is 5.96 Å². The quantitative estimate of drug-likeness (QED) is 0.659. The Labute approximate surface area is 149 Å². The molecule has 1 N–H and O–H groups in total. The van der Waals surface area contributed by atoms with Gasteiger partial charge in [0.1, 0.15) is 11.6 Å². The van der Waals surface area contributed by atoms with Crippen molar-refractivity contribution in [1.29, 1.82) is 0 Å². The highest BCUT2D eigenvalue weighted by Gasteiger charge is 2.42. The highest BCUT2D eigenvalue weighted by molar-refractivity contribution is 5.80. The van der Waals surface area contributed by atoms with Gasteiger partial charge in [-0.05, 0) is 39.0 Å². The number of nitrogens with one attached hydrogen (secondary N) is 1. The van der Waals surface area contributed by atoms with Crippen molar-refractivity contribution in [3.8, 4) is 0 Å². The highest BCUT2D eigenvalue weighted by atomic mass is 16.5. The van der Waals surface area contributed by atoms with Gasteiger partial charge >= 0.3 is 0 Å². The van der Waals surface area contributed by atoms with Gasteiger partial charge in [-0.3, -0.25) is 4.99 Å². The first kappa shape index (κ1) is 16.8. The number of fused-ring (bicyclic) bond motifs is 1. The lowest BCUT2D eigenvalue weighted by atomic mass is 9.87. The van der Waals surface area contributed by atoms with E-state index in [0.717, 1.165) is 76.4 Å². The first-order valence-corrected chi connectivity index (χ1v) is 9.69. The van der Waals surface area contributed by atoms with Crippen molar-refractivity contribution in [1.82, 2.24) is 25.0 Å². The number of guanidine groups is 1. The molecule has 138 valence electrons. The third-order valence-corrected chi connectivity index (χ3v) is 5.99. The van der Waals surface area contributed by atoms with Gasteiger partial charge in [0, 0.05) is 51.2 Å². The molecule has 0 saturated carbocycles. The van der Waals surface area contributed by atoms with Gasteiger partial charge in [0.2, 0.25) is 0 Å². The van der Waals surface area contributed by atoms with Crippen molar-refractivity contribution in [2.24, 2.45) is 16.3 Å². The van der Waals surface area contributed by atoms with Crippen LogP contribution in [0.5, 0.6) is 0 Å². The van der Waals surface area contributed by atoms with Crippen LogP contribution in [-0.4, -0.2) is 65.0 Å². The van der Waals surface area contributed by atoms with Crippen LogP contribution in [0.4, 0.5) is 0 Å². The zero-order chi connectivity index (χ0) is 17.3. The second-order valence-corrected chi connectivity index (χ2v) is 7.85. The Bertz CT molecular complexity index is 634. The van der Waals surface area contributed by atoms with Crippen LogP contribution in [0.1, 0.15) is 37.8 Å². The Kier molecular flexibility index (Phi) is 4.67. The molecule has 2 unspecified atom stereocenters. The molecule has 4 rings (SSSR count). The predicted octanol–water partition coefficient (Wildman–Crippen LogP) is 1.23. The van der Waals surface area contributed by atoms with E-state index >= 15 is 0 Å². The maximum absolute atomic E-state index is 5.66. The fourth-order valence-corrected chi connectivity index (χ4v) is 4.41. The molecular formula is C18H30N6O. The van der Waals surface area contributed by atoms with Gasteiger partial charge in [0.05, 0.1) is 6.61 Å². The molecule has 2 saturated heterocycles. The zero-order valence-corrected chi connectivity index (χ0v) is 15.5. The van der Waals surface area contributed by atoms with Gasteiger partial charge in [-0.2, -0.15) is 0 Å². The minimum atomic E-state index is 0.371. The summed E-state index contributed by atoms with van der Waals surface area (Å²) in [6, 6.07) is 0. The second-order valence-electron chi connectivity index (χ2n) is 7.85. The van der Waals surface area contributed by atoms with Crippen LogP contribution in [0.25, 0.3) is 0 Å². The van der Waals surface area contributed by atoms with E-state index in [0.29, 0.717) is 11.3 Å². The summed E-state index contributed by atoms with van der Waals surface area (Å²) >= 11 is 0. The van der Waals surface area contributed by atoms with Crippen molar-refractivity contribution in [3.63, 3.8) is 0 Å². The smallest absolute Gasteiger partial charge is 0.193 e. The number of rotatable bonds is 3. The van der Waals surface area contributed by atoms with Crippen LogP contribution in [0, 0.1) is 18.3 Å². The van der Waals surface area contributed by atoms with Crippen molar-refractivity contribution in [2.75, 3.05) is 39.4 Å². The Balaban J connectivity index is 1.40. The van der Waals surface area contributed by atoms with E-state index in [2.05, 4.69) is 31.9 Å². The summed E-state index contributed by atoms with van der Waals surface area (Å²) in [5.74, 6) is 3.81. The molecule has 1 aromatic heterocycles. The molecule has 2 fully saturated rings. The van der Waals surface area contributed by atoms with E-state index in [4.69, 9.17) is 9.73 Å². The van der Waals surface area contributed by atoms with Crippen LogP contribution in [0.15, 0.2) is 4.99 Å². The number of likely N-dealkylation sites (tertiary alicyclic amines) is 1. The number of hydrogen-bond donors (Lipinski definition) is 1. The maximum Gasteiger partial charge on any atom is 0.193 e. The molecule has 0 bridgehead atoms. The van der Waals surface area contributed by atoms with E-state index in [1.54, 1.807) is 0 Å². The molecule has 1 spiro atoms. The molecule has 0 aromatic carbocycles. The molecule has 0 amide bonds. The van der Waals surface area contributed by atoms with E-state index in [1.807, 2.05) is 6.92 Å². The predicted molar refractivity (Wildman–Crippen MR) is 96.6 cm³/mol. The standard InChI is InChI=1S/C18H30N6O/c1-3-19-17(23-8-6-18(12-23)7-9-25-13-18)20-10-15-4-5-16-22-21-14(2)24(16)11-15/h15H,3-13H2,1-2H3,(H,19,20). The highest BCUT2D eigenvalue weighted by Crippen LogP contribution is 2.38. The van der Waals surface area contributed by atoms with Crippen LogP contribution < -0.4 is 5.32 Å². The van der Waals surface area contributed by atoms with Crippen molar-refractivity contribution in [3.05, 3.63) is 11.6 Å². The van der Waals surface area contributed by atoms with Gasteiger partial charge in [-0.15, -0.1) is 10.2 Å². The van der Waals surface area contributed by atoms with Crippen LogP contribution in [0.2, 0.25) is 0 Å². The molecule has 4 heterocycles. The lowest BCUT2D eigenvalue weighted by molar-refractivity contribution is 0.156. The topological polar surface area (TPSA) is 67.6 Å². The summed E-state index contributed by atoms with van der Waals surface area (Å²) in [7, 11) is 0. The zero-order valence-electron chi connectivity index (χ0n) is 15.5. The molecular weight excluding hydrogens is 316 g/mol. The number of aliphatic imine (C=N–C) groups is 1. The molecule has 3 aliphatic heterocycles. The second kappa shape index (κ2) is 6.94. The number of hydrogen-bond acceptors (Lipinski definition) is 4. The Hall–Kier alpha value is -1.63. The molecule has 7 nitrogen and oxygen atoms in total. The number of ether oxygens (including phenoxy) is 1. The lowest BCUT2D eigenvalue weighted by Crippen LogP contribution is -2.42. The number of nitrogens with zero attached hydrogens (tertiary/aromatic N) is 5. The molecule has 1 aromatic rings. The normalized spacial score (nSPS) is 29.4. The van der Waals surface area contributed by atoms with Gasteiger partial charge in [-0.1, -0.05) is 0 Å². The third-order valence-electron chi connectivity index (χ3n) is 5.99. The summed E-state index contributed by atoms with van der Waals surface area (Å²) in [5, 5.41) is 12.0. The summed E-state index contributed by atoms with van der Waals surface area (Å²) in [4.78, 5) is 7.44.